The van der Waals surface area contributed by atoms with Crippen LogP contribution in [-0.4, -0.2) is 11.1 Å². The zero-order valence-electron chi connectivity index (χ0n) is 17.2. The van der Waals surface area contributed by atoms with Gasteiger partial charge in [-0.3, -0.25) is 0 Å². The molecule has 0 aliphatic heterocycles. The summed E-state index contributed by atoms with van der Waals surface area (Å²) in [5, 5.41) is 9.51. The highest BCUT2D eigenvalue weighted by Crippen LogP contribution is 2.45. The average molecular weight is 381 g/mol. The van der Waals surface area contributed by atoms with Gasteiger partial charge in [0.25, 0.3) is 0 Å². The van der Waals surface area contributed by atoms with Crippen LogP contribution in [0.5, 0.6) is 0 Å². The number of carboxylic acid groups (broad SMARTS) is 1. The molecule has 0 atom stereocenters. The van der Waals surface area contributed by atoms with E-state index in [9.17, 15) is 14.3 Å². The molecule has 0 unspecified atom stereocenters. The van der Waals surface area contributed by atoms with Crippen LogP contribution in [0.1, 0.15) is 69.2 Å². The number of benzene rings is 2. The fourth-order valence-electron chi connectivity index (χ4n) is 4.16. The molecule has 0 heterocycles. The van der Waals surface area contributed by atoms with Gasteiger partial charge in [0.2, 0.25) is 0 Å². The highest BCUT2D eigenvalue weighted by atomic mass is 19.1. The van der Waals surface area contributed by atoms with E-state index in [-0.39, 0.29) is 16.4 Å². The van der Waals surface area contributed by atoms with E-state index in [2.05, 4.69) is 45.9 Å². The first-order chi connectivity index (χ1) is 13.1. The van der Waals surface area contributed by atoms with Crippen molar-refractivity contribution in [1.82, 2.24) is 0 Å². The summed E-state index contributed by atoms with van der Waals surface area (Å²) in [5.74, 6) is -1.46. The summed E-state index contributed by atoms with van der Waals surface area (Å²) in [5.41, 5.74) is 4.95. The number of hydrogen-bond acceptors (Lipinski definition) is 1. The largest absolute Gasteiger partial charge is 0.478 e. The highest BCUT2D eigenvalue weighted by molar-refractivity contribution is 6.15. The summed E-state index contributed by atoms with van der Waals surface area (Å²) in [6.07, 6.45) is 5.41. The van der Waals surface area contributed by atoms with E-state index in [0.717, 1.165) is 6.42 Å². The van der Waals surface area contributed by atoms with Crippen LogP contribution in [0.2, 0.25) is 0 Å². The van der Waals surface area contributed by atoms with Crippen molar-refractivity contribution < 1.29 is 14.3 Å². The molecule has 1 N–H and O–H groups in total. The van der Waals surface area contributed by atoms with E-state index < -0.39 is 11.8 Å². The van der Waals surface area contributed by atoms with Crippen molar-refractivity contribution in [2.75, 3.05) is 0 Å². The van der Waals surface area contributed by atoms with Crippen molar-refractivity contribution in [3.63, 3.8) is 0 Å². The van der Waals surface area contributed by atoms with Crippen molar-refractivity contribution in [2.45, 2.75) is 64.2 Å². The summed E-state index contributed by atoms with van der Waals surface area (Å²) in [4.78, 5) is 11.6. The number of fused-ring (bicyclic) bond motifs is 1. The van der Waals surface area contributed by atoms with Gasteiger partial charge in [-0.1, -0.05) is 64.1 Å². The maximum atomic E-state index is 13.5. The van der Waals surface area contributed by atoms with Gasteiger partial charge in [0.05, 0.1) is 5.57 Å². The Morgan fingerprint density at radius 2 is 1.71 bits per heavy atom. The van der Waals surface area contributed by atoms with Crippen LogP contribution in [-0.2, 0) is 22.0 Å². The maximum Gasteiger partial charge on any atom is 0.335 e. The van der Waals surface area contributed by atoms with Gasteiger partial charge in [0.1, 0.15) is 5.82 Å². The van der Waals surface area contributed by atoms with E-state index >= 15 is 0 Å². The van der Waals surface area contributed by atoms with Gasteiger partial charge >= 0.3 is 5.97 Å². The van der Waals surface area contributed by atoms with Gasteiger partial charge in [-0.15, -0.1) is 0 Å². The monoisotopic (exact) mass is 380 g/mol. The Bertz CT molecular complexity index is 922. The number of halogens is 1. The van der Waals surface area contributed by atoms with Gasteiger partial charge in [-0.2, -0.15) is 0 Å². The molecule has 3 rings (SSSR count). The first-order valence-electron chi connectivity index (χ1n) is 9.93. The van der Waals surface area contributed by atoms with Gasteiger partial charge < -0.3 is 5.11 Å². The number of aliphatic carboxylic acids is 1. The van der Waals surface area contributed by atoms with Crippen molar-refractivity contribution in [1.29, 1.82) is 0 Å². The van der Waals surface area contributed by atoms with Crippen LogP contribution in [0, 0.1) is 5.82 Å². The van der Waals surface area contributed by atoms with Crippen LogP contribution in [0.25, 0.3) is 5.57 Å². The molecule has 0 spiro atoms. The smallest absolute Gasteiger partial charge is 0.335 e. The fraction of sp³-hybridized carbons (Fsp3) is 0.400. The summed E-state index contributed by atoms with van der Waals surface area (Å²) in [7, 11) is 0. The third-order valence-corrected chi connectivity index (χ3v) is 6.06. The van der Waals surface area contributed by atoms with Gasteiger partial charge in [0.15, 0.2) is 0 Å². The van der Waals surface area contributed by atoms with E-state index in [1.165, 1.54) is 47.7 Å². The predicted octanol–water partition coefficient (Wildman–Crippen LogP) is 6.28. The van der Waals surface area contributed by atoms with Crippen molar-refractivity contribution >= 4 is 11.5 Å². The molecule has 2 aromatic carbocycles. The average Bonchev–Trinajstić information content (AvgIpc) is 2.62. The molecule has 28 heavy (non-hydrogen) atoms. The second-order valence-electron chi connectivity index (χ2n) is 9.12. The molecule has 0 aromatic heterocycles. The Kier molecular flexibility index (Phi) is 5.47. The van der Waals surface area contributed by atoms with Crippen LogP contribution >= 0.6 is 0 Å². The summed E-state index contributed by atoms with van der Waals surface area (Å²) < 4.78 is 13.5. The summed E-state index contributed by atoms with van der Waals surface area (Å²) >= 11 is 0. The molecule has 1 aliphatic rings. The quantitative estimate of drug-likeness (QED) is 0.620. The Balaban J connectivity index is 1.83. The van der Waals surface area contributed by atoms with Gasteiger partial charge in [0, 0.05) is 0 Å². The molecule has 1 aliphatic carbocycles. The molecule has 0 amide bonds. The third-order valence-electron chi connectivity index (χ3n) is 6.06. The van der Waals surface area contributed by atoms with Gasteiger partial charge in [-0.25, -0.2) is 9.18 Å². The Morgan fingerprint density at radius 3 is 2.36 bits per heavy atom. The maximum absolute atomic E-state index is 13.5. The predicted molar refractivity (Wildman–Crippen MR) is 112 cm³/mol. The first-order valence-corrected chi connectivity index (χ1v) is 9.93. The molecule has 0 saturated heterocycles. The van der Waals surface area contributed by atoms with E-state index in [0.29, 0.717) is 12.0 Å². The molecule has 0 bridgehead atoms. The van der Waals surface area contributed by atoms with Crippen molar-refractivity contribution in [3.8, 4) is 0 Å². The zero-order valence-corrected chi connectivity index (χ0v) is 17.2. The minimum absolute atomic E-state index is 0.152. The molecule has 2 aromatic rings. The summed E-state index contributed by atoms with van der Waals surface area (Å²) in [6, 6.07) is 12.5. The zero-order chi connectivity index (χ0) is 20.5. The molecule has 0 saturated carbocycles. The van der Waals surface area contributed by atoms with Crippen LogP contribution in [0.3, 0.4) is 0 Å². The molecule has 3 heteroatoms. The minimum atomic E-state index is -1.03. The fourth-order valence-corrected chi connectivity index (χ4v) is 4.16. The first kappa shape index (κ1) is 20.3. The number of aryl methyl sites for hydroxylation is 1. The number of rotatable bonds is 5. The molecule has 2 nitrogen and oxygen atoms in total. The van der Waals surface area contributed by atoms with E-state index in [1.54, 1.807) is 12.1 Å². The van der Waals surface area contributed by atoms with Crippen molar-refractivity contribution in [2.24, 2.45) is 0 Å². The standard InChI is InChI=1S/C25H29FO2/c1-24(2)13-14-25(3,4)22-15-17(11-12-21(22)24)7-5-10-20(23(27)28)18-8-6-9-19(26)16-18/h6,8-12,15-16H,5,7,13-14H2,1-4H3,(H,27,28)/b20-10+. The van der Waals surface area contributed by atoms with E-state index in [1.807, 2.05) is 0 Å². The highest BCUT2D eigenvalue weighted by Gasteiger charge is 2.36. The lowest BCUT2D eigenvalue weighted by Crippen LogP contribution is -2.33. The second kappa shape index (κ2) is 7.54. The number of carboxylic acids is 1. The number of hydrogen-bond donors (Lipinski definition) is 1. The SMILES string of the molecule is CC1(C)CCC(C)(C)c2cc(CC/C=C(/C(=O)O)c3cccc(F)c3)ccc21. The lowest BCUT2D eigenvalue weighted by atomic mass is 9.63. The lowest BCUT2D eigenvalue weighted by Gasteiger charge is -2.42. The molecule has 148 valence electrons. The normalized spacial score (nSPS) is 17.8. The Morgan fingerprint density at radius 1 is 1.04 bits per heavy atom. The molecule has 0 fully saturated rings. The van der Waals surface area contributed by atoms with Crippen LogP contribution < -0.4 is 0 Å². The molecular formula is C25H29FO2. The Labute approximate surface area is 167 Å². The van der Waals surface area contributed by atoms with Crippen LogP contribution in [0.4, 0.5) is 4.39 Å². The topological polar surface area (TPSA) is 37.3 Å². The minimum Gasteiger partial charge on any atom is -0.478 e. The van der Waals surface area contributed by atoms with E-state index in [4.69, 9.17) is 0 Å². The second-order valence-corrected chi connectivity index (χ2v) is 9.12. The summed E-state index contributed by atoms with van der Waals surface area (Å²) in [6.45, 7) is 9.22. The van der Waals surface area contributed by atoms with Crippen molar-refractivity contribution in [3.05, 3.63) is 76.6 Å². The Hall–Kier alpha value is -2.42. The third kappa shape index (κ3) is 4.19. The number of allylic oxidation sites excluding steroid dienone is 1. The van der Waals surface area contributed by atoms with Crippen LogP contribution in [0.15, 0.2) is 48.5 Å². The lowest BCUT2D eigenvalue weighted by molar-refractivity contribution is -0.130. The number of carbonyl (C=O) groups is 1. The molecular weight excluding hydrogens is 351 g/mol. The van der Waals surface area contributed by atoms with Gasteiger partial charge in [-0.05, 0) is 70.9 Å². The molecule has 0 radical (unpaired) electrons.